The van der Waals surface area contributed by atoms with Crippen molar-refractivity contribution in [1.82, 2.24) is 4.98 Å². The van der Waals surface area contributed by atoms with Gasteiger partial charge in [-0.05, 0) is 39.8 Å². The van der Waals surface area contributed by atoms with Crippen LogP contribution in [0.5, 0.6) is 0 Å². The van der Waals surface area contributed by atoms with Crippen LogP contribution in [0.3, 0.4) is 0 Å². The number of aliphatic hydroxyl groups is 2. The summed E-state index contributed by atoms with van der Waals surface area (Å²) in [6, 6.07) is 9.17. The Morgan fingerprint density at radius 2 is 1.78 bits per heavy atom. The van der Waals surface area contributed by atoms with Crippen molar-refractivity contribution < 1.29 is 15.0 Å². The minimum atomic E-state index is -1.09. The Morgan fingerprint density at radius 3 is 2.26 bits per heavy atom. The van der Waals surface area contributed by atoms with Gasteiger partial charge in [-0.1, -0.05) is 18.2 Å². The standard InChI is InChI=1S/C17H22N2O3S/c1-16(2,21)11-19(12-8-6-5-7-9-12)15(20)14-18-13(10-23-14)17(3,4)22/h5-10,21-22H,11H2,1-4H3. The minimum Gasteiger partial charge on any atom is -0.389 e. The summed E-state index contributed by atoms with van der Waals surface area (Å²) in [5, 5.41) is 22.1. The molecule has 0 bridgehead atoms. The number of nitrogens with zero attached hydrogens (tertiary/aromatic N) is 2. The van der Waals surface area contributed by atoms with Gasteiger partial charge in [-0.2, -0.15) is 0 Å². The second-order valence-electron chi connectivity index (χ2n) is 6.64. The van der Waals surface area contributed by atoms with E-state index < -0.39 is 11.2 Å². The molecule has 0 aliphatic rings. The van der Waals surface area contributed by atoms with Gasteiger partial charge in [0.2, 0.25) is 0 Å². The fourth-order valence-electron chi connectivity index (χ4n) is 2.04. The molecular formula is C17H22N2O3S. The van der Waals surface area contributed by atoms with E-state index in [9.17, 15) is 15.0 Å². The molecule has 2 N–H and O–H groups in total. The Bertz CT molecular complexity index is 669. The third-order valence-corrected chi connectivity index (χ3v) is 4.00. The molecule has 0 saturated heterocycles. The number of rotatable bonds is 5. The lowest BCUT2D eigenvalue weighted by molar-refractivity contribution is 0.0732. The van der Waals surface area contributed by atoms with Crippen LogP contribution in [0.25, 0.3) is 0 Å². The Morgan fingerprint density at radius 1 is 1.17 bits per heavy atom. The number of aromatic nitrogens is 1. The molecule has 1 aromatic carbocycles. The zero-order valence-corrected chi connectivity index (χ0v) is 14.6. The van der Waals surface area contributed by atoms with E-state index in [4.69, 9.17) is 0 Å². The first kappa shape index (κ1) is 17.6. The number of hydrogen-bond donors (Lipinski definition) is 2. The van der Waals surface area contributed by atoms with Crippen molar-refractivity contribution in [3.05, 3.63) is 46.4 Å². The van der Waals surface area contributed by atoms with Crippen LogP contribution in [0.15, 0.2) is 35.7 Å². The van der Waals surface area contributed by atoms with Crippen LogP contribution in [-0.2, 0) is 5.60 Å². The maximum absolute atomic E-state index is 12.8. The fraction of sp³-hybridized carbons (Fsp3) is 0.412. The third-order valence-electron chi connectivity index (χ3n) is 3.17. The molecule has 23 heavy (non-hydrogen) atoms. The van der Waals surface area contributed by atoms with Crippen molar-refractivity contribution in [2.45, 2.75) is 38.9 Å². The van der Waals surface area contributed by atoms with Gasteiger partial charge in [-0.15, -0.1) is 11.3 Å². The van der Waals surface area contributed by atoms with Gasteiger partial charge in [0.25, 0.3) is 5.91 Å². The van der Waals surface area contributed by atoms with E-state index in [1.165, 1.54) is 16.2 Å². The molecule has 2 rings (SSSR count). The molecule has 0 spiro atoms. The summed E-state index contributed by atoms with van der Waals surface area (Å²) in [7, 11) is 0. The molecule has 0 fully saturated rings. The van der Waals surface area contributed by atoms with E-state index in [2.05, 4.69) is 4.98 Å². The fourth-order valence-corrected chi connectivity index (χ4v) is 2.97. The van der Waals surface area contributed by atoms with Crippen molar-refractivity contribution in [2.24, 2.45) is 0 Å². The van der Waals surface area contributed by atoms with E-state index in [-0.39, 0.29) is 17.5 Å². The zero-order chi connectivity index (χ0) is 17.3. The Hall–Kier alpha value is -1.76. The molecule has 124 valence electrons. The summed E-state index contributed by atoms with van der Waals surface area (Å²) < 4.78 is 0. The maximum Gasteiger partial charge on any atom is 0.287 e. The highest BCUT2D eigenvalue weighted by molar-refractivity contribution is 7.11. The molecule has 0 aliphatic heterocycles. The molecule has 0 atom stereocenters. The summed E-state index contributed by atoms with van der Waals surface area (Å²) in [4.78, 5) is 18.6. The zero-order valence-electron chi connectivity index (χ0n) is 13.8. The maximum atomic E-state index is 12.8. The highest BCUT2D eigenvalue weighted by Gasteiger charge is 2.28. The van der Waals surface area contributed by atoms with Gasteiger partial charge in [0.05, 0.1) is 17.8 Å². The highest BCUT2D eigenvalue weighted by Crippen LogP contribution is 2.25. The molecule has 6 heteroatoms. The molecule has 0 radical (unpaired) electrons. The summed E-state index contributed by atoms with van der Waals surface area (Å²) in [5.74, 6) is -0.293. The number of para-hydroxylation sites is 1. The highest BCUT2D eigenvalue weighted by atomic mass is 32.1. The lowest BCUT2D eigenvalue weighted by Gasteiger charge is -2.28. The molecule has 0 aliphatic carbocycles. The lowest BCUT2D eigenvalue weighted by Crippen LogP contribution is -2.42. The summed E-state index contributed by atoms with van der Waals surface area (Å²) in [6.45, 7) is 6.71. The first-order valence-electron chi connectivity index (χ1n) is 7.35. The number of carbonyl (C=O) groups is 1. The number of amides is 1. The SMILES string of the molecule is CC(C)(O)CN(C(=O)c1nc(C(C)(C)O)cs1)c1ccccc1. The summed E-state index contributed by atoms with van der Waals surface area (Å²) in [6.07, 6.45) is 0. The lowest BCUT2D eigenvalue weighted by atomic mass is 10.1. The largest absolute Gasteiger partial charge is 0.389 e. The number of carbonyl (C=O) groups excluding carboxylic acids is 1. The second kappa shape index (κ2) is 6.39. The number of hydrogen-bond acceptors (Lipinski definition) is 5. The molecule has 1 heterocycles. The molecule has 1 amide bonds. The monoisotopic (exact) mass is 334 g/mol. The second-order valence-corrected chi connectivity index (χ2v) is 7.49. The predicted molar refractivity (Wildman–Crippen MR) is 91.8 cm³/mol. The minimum absolute atomic E-state index is 0.146. The molecule has 0 saturated carbocycles. The molecule has 2 aromatic rings. The van der Waals surface area contributed by atoms with E-state index in [1.54, 1.807) is 33.1 Å². The molecule has 0 unspecified atom stereocenters. The Balaban J connectivity index is 2.35. The topological polar surface area (TPSA) is 73.7 Å². The van der Waals surface area contributed by atoms with Crippen LogP contribution in [0.1, 0.15) is 43.2 Å². The van der Waals surface area contributed by atoms with E-state index in [1.807, 2.05) is 30.3 Å². The van der Waals surface area contributed by atoms with Crippen LogP contribution < -0.4 is 4.90 Å². The Kier molecular flexibility index (Phi) is 4.89. The van der Waals surface area contributed by atoms with Gasteiger partial charge in [-0.3, -0.25) is 4.79 Å². The van der Waals surface area contributed by atoms with Gasteiger partial charge in [0.15, 0.2) is 5.01 Å². The van der Waals surface area contributed by atoms with Crippen molar-refractivity contribution >= 4 is 22.9 Å². The number of benzene rings is 1. The van der Waals surface area contributed by atoms with Gasteiger partial charge >= 0.3 is 0 Å². The van der Waals surface area contributed by atoms with Crippen molar-refractivity contribution in [2.75, 3.05) is 11.4 Å². The quantitative estimate of drug-likeness (QED) is 0.882. The van der Waals surface area contributed by atoms with Crippen LogP contribution >= 0.6 is 11.3 Å². The first-order chi connectivity index (χ1) is 10.6. The smallest absolute Gasteiger partial charge is 0.287 e. The van der Waals surface area contributed by atoms with Crippen molar-refractivity contribution in [1.29, 1.82) is 0 Å². The third kappa shape index (κ3) is 4.60. The van der Waals surface area contributed by atoms with Crippen LogP contribution in [-0.4, -0.2) is 33.3 Å². The summed E-state index contributed by atoms with van der Waals surface area (Å²) in [5.41, 5.74) is -0.980. The van der Waals surface area contributed by atoms with Gasteiger partial charge in [0, 0.05) is 11.1 Å². The summed E-state index contributed by atoms with van der Waals surface area (Å²) >= 11 is 1.19. The molecule has 5 nitrogen and oxygen atoms in total. The average Bonchev–Trinajstić information content (AvgIpc) is 2.94. The number of anilines is 1. The van der Waals surface area contributed by atoms with Crippen LogP contribution in [0.4, 0.5) is 5.69 Å². The van der Waals surface area contributed by atoms with Crippen LogP contribution in [0.2, 0.25) is 0 Å². The number of thiazole rings is 1. The van der Waals surface area contributed by atoms with Crippen molar-refractivity contribution in [3.63, 3.8) is 0 Å². The van der Waals surface area contributed by atoms with E-state index in [0.29, 0.717) is 11.4 Å². The first-order valence-corrected chi connectivity index (χ1v) is 8.23. The van der Waals surface area contributed by atoms with Gasteiger partial charge in [-0.25, -0.2) is 4.98 Å². The normalized spacial score (nSPS) is 12.3. The van der Waals surface area contributed by atoms with Crippen molar-refractivity contribution in [3.8, 4) is 0 Å². The Labute approximate surface area is 140 Å². The van der Waals surface area contributed by atoms with E-state index in [0.717, 1.165) is 0 Å². The predicted octanol–water partition coefficient (Wildman–Crippen LogP) is 2.79. The van der Waals surface area contributed by atoms with Gasteiger partial charge in [0.1, 0.15) is 5.60 Å². The van der Waals surface area contributed by atoms with Crippen LogP contribution in [0, 0.1) is 0 Å². The average molecular weight is 334 g/mol. The van der Waals surface area contributed by atoms with Gasteiger partial charge < -0.3 is 15.1 Å². The van der Waals surface area contributed by atoms with E-state index >= 15 is 0 Å². The molecule has 1 aromatic heterocycles. The molecular weight excluding hydrogens is 312 g/mol.